The van der Waals surface area contributed by atoms with Gasteiger partial charge in [-0.05, 0) is 25.0 Å². The van der Waals surface area contributed by atoms with Gasteiger partial charge in [0.05, 0.1) is 17.1 Å². The van der Waals surface area contributed by atoms with Crippen molar-refractivity contribution in [3.05, 3.63) is 30.1 Å². The molecule has 1 aliphatic carbocycles. The van der Waals surface area contributed by atoms with Gasteiger partial charge >= 0.3 is 0 Å². The van der Waals surface area contributed by atoms with E-state index in [1.54, 1.807) is 0 Å². The lowest BCUT2D eigenvalue weighted by molar-refractivity contribution is 0.532. The quantitative estimate of drug-likeness (QED) is 0.899. The Morgan fingerprint density at radius 2 is 2.17 bits per heavy atom. The predicted molar refractivity (Wildman–Crippen MR) is 76.1 cm³/mol. The fourth-order valence-electron chi connectivity index (χ4n) is 2.76. The summed E-state index contributed by atoms with van der Waals surface area (Å²) >= 11 is 2.03. The molecule has 18 heavy (non-hydrogen) atoms. The van der Waals surface area contributed by atoms with E-state index in [1.807, 2.05) is 11.8 Å². The molecule has 0 radical (unpaired) electrons. The number of nitrogens with one attached hydrogen (secondary N) is 1. The van der Waals surface area contributed by atoms with Crippen LogP contribution >= 0.6 is 11.8 Å². The molecule has 1 aromatic carbocycles. The molecule has 3 nitrogen and oxygen atoms in total. The van der Waals surface area contributed by atoms with Gasteiger partial charge in [-0.2, -0.15) is 11.8 Å². The average Bonchev–Trinajstić information content (AvgIpc) is 3.19. The molecule has 1 N–H and O–H groups in total. The molecule has 1 aliphatic heterocycles. The van der Waals surface area contributed by atoms with Crippen LogP contribution in [-0.2, 0) is 0 Å². The zero-order valence-corrected chi connectivity index (χ0v) is 11.1. The number of para-hydroxylation sites is 2. The zero-order valence-electron chi connectivity index (χ0n) is 10.3. The number of benzene rings is 1. The summed E-state index contributed by atoms with van der Waals surface area (Å²) in [7, 11) is 0. The largest absolute Gasteiger partial charge is 0.324 e. The van der Waals surface area contributed by atoms with Gasteiger partial charge in [-0.1, -0.05) is 12.1 Å². The molecule has 94 valence electrons. The molecular weight excluding hydrogens is 242 g/mol. The van der Waals surface area contributed by atoms with Gasteiger partial charge in [0.2, 0.25) is 0 Å². The van der Waals surface area contributed by atoms with E-state index in [4.69, 9.17) is 4.98 Å². The number of imidazole rings is 1. The molecule has 0 spiro atoms. The number of rotatable bonds is 2. The van der Waals surface area contributed by atoms with Gasteiger partial charge in [-0.3, -0.25) is 0 Å². The van der Waals surface area contributed by atoms with Crippen LogP contribution in [0.2, 0.25) is 0 Å². The highest BCUT2D eigenvalue weighted by Crippen LogP contribution is 2.40. The van der Waals surface area contributed by atoms with E-state index in [-0.39, 0.29) is 0 Å². The summed E-state index contributed by atoms with van der Waals surface area (Å²) in [5.41, 5.74) is 2.46. The molecule has 1 aromatic heterocycles. The van der Waals surface area contributed by atoms with E-state index in [1.165, 1.54) is 29.9 Å². The van der Waals surface area contributed by atoms with Crippen molar-refractivity contribution in [2.75, 3.05) is 18.1 Å². The summed E-state index contributed by atoms with van der Waals surface area (Å²) in [4.78, 5) is 4.88. The lowest BCUT2D eigenvalue weighted by Gasteiger charge is -2.23. The Labute approximate surface area is 111 Å². The van der Waals surface area contributed by atoms with Crippen molar-refractivity contribution in [1.82, 2.24) is 14.9 Å². The summed E-state index contributed by atoms with van der Waals surface area (Å²) in [6, 6.07) is 9.67. The molecule has 2 fully saturated rings. The van der Waals surface area contributed by atoms with Crippen LogP contribution in [0, 0.1) is 0 Å². The third-order valence-corrected chi connectivity index (χ3v) is 4.83. The summed E-state index contributed by atoms with van der Waals surface area (Å²) in [6.45, 7) is 1.10. The van der Waals surface area contributed by atoms with Gasteiger partial charge in [0.15, 0.2) is 0 Å². The Morgan fingerprint density at radius 3 is 2.94 bits per heavy atom. The van der Waals surface area contributed by atoms with Crippen molar-refractivity contribution < 1.29 is 0 Å². The lowest BCUT2D eigenvalue weighted by atomic mass is 10.3. The third kappa shape index (κ3) is 1.75. The number of hydrogen-bond acceptors (Lipinski definition) is 3. The van der Waals surface area contributed by atoms with Crippen LogP contribution in [0.4, 0.5) is 0 Å². The molecule has 1 saturated heterocycles. The number of thioether (sulfide) groups is 1. The Balaban J connectivity index is 1.84. The molecule has 1 atom stereocenters. The zero-order chi connectivity index (χ0) is 11.9. The smallest absolute Gasteiger partial charge is 0.128 e. The number of nitrogens with zero attached hydrogens (tertiary/aromatic N) is 2. The molecule has 1 unspecified atom stereocenters. The lowest BCUT2D eigenvalue weighted by Crippen LogP contribution is -2.32. The van der Waals surface area contributed by atoms with Gasteiger partial charge in [-0.15, -0.1) is 0 Å². The fraction of sp³-hybridized carbons (Fsp3) is 0.500. The Hall–Kier alpha value is -1.00. The molecule has 4 rings (SSSR count). The van der Waals surface area contributed by atoms with E-state index in [2.05, 4.69) is 34.1 Å². The molecule has 2 heterocycles. The monoisotopic (exact) mass is 259 g/mol. The van der Waals surface area contributed by atoms with Crippen LogP contribution in [0.3, 0.4) is 0 Å². The van der Waals surface area contributed by atoms with Gasteiger partial charge in [0.1, 0.15) is 5.82 Å². The highest BCUT2D eigenvalue weighted by molar-refractivity contribution is 7.99. The predicted octanol–water partition coefficient (Wildman–Crippen LogP) is 2.75. The van der Waals surface area contributed by atoms with E-state index < -0.39 is 0 Å². The number of fused-ring (bicyclic) bond motifs is 1. The molecule has 2 aromatic rings. The van der Waals surface area contributed by atoms with Crippen LogP contribution in [0.15, 0.2) is 24.3 Å². The highest BCUT2D eigenvalue weighted by atomic mass is 32.2. The first-order valence-corrected chi connectivity index (χ1v) is 7.87. The minimum Gasteiger partial charge on any atom is -0.324 e. The number of aromatic nitrogens is 2. The maximum atomic E-state index is 4.88. The summed E-state index contributed by atoms with van der Waals surface area (Å²) in [5, 5.41) is 3.62. The first-order valence-electron chi connectivity index (χ1n) is 6.71. The fourth-order valence-corrected chi connectivity index (χ4v) is 3.69. The minimum absolute atomic E-state index is 0.428. The maximum Gasteiger partial charge on any atom is 0.128 e. The second-order valence-corrected chi connectivity index (χ2v) is 6.29. The molecular formula is C14H17N3S. The maximum absolute atomic E-state index is 4.88. The summed E-state index contributed by atoms with van der Waals surface area (Å²) in [6.07, 6.45) is 2.63. The van der Waals surface area contributed by atoms with Crippen molar-refractivity contribution in [1.29, 1.82) is 0 Å². The topological polar surface area (TPSA) is 29.9 Å². The Morgan fingerprint density at radius 1 is 1.28 bits per heavy atom. The van der Waals surface area contributed by atoms with Crippen LogP contribution < -0.4 is 5.32 Å². The van der Waals surface area contributed by atoms with E-state index in [0.29, 0.717) is 12.1 Å². The first-order chi connectivity index (χ1) is 8.93. The van der Waals surface area contributed by atoms with Gasteiger partial charge in [0.25, 0.3) is 0 Å². The molecule has 0 amide bonds. The Bertz CT molecular complexity index is 567. The van der Waals surface area contributed by atoms with E-state index in [9.17, 15) is 0 Å². The van der Waals surface area contributed by atoms with Crippen molar-refractivity contribution in [2.45, 2.75) is 24.9 Å². The van der Waals surface area contributed by atoms with Crippen LogP contribution in [0.5, 0.6) is 0 Å². The SMILES string of the molecule is c1ccc2c(c1)nc(C1CSCCN1)n2C1CC1. The van der Waals surface area contributed by atoms with Crippen LogP contribution in [-0.4, -0.2) is 27.6 Å². The minimum atomic E-state index is 0.428. The average molecular weight is 259 g/mol. The second kappa shape index (κ2) is 4.28. The standard InChI is InChI=1S/C14H17N3S/c1-2-4-13-11(3-1)16-14(17(13)10-5-6-10)12-9-18-8-7-15-12/h1-4,10,12,15H,5-9H2. The van der Waals surface area contributed by atoms with Gasteiger partial charge in [0, 0.05) is 24.1 Å². The van der Waals surface area contributed by atoms with Crippen LogP contribution in [0.25, 0.3) is 11.0 Å². The van der Waals surface area contributed by atoms with E-state index in [0.717, 1.165) is 17.8 Å². The van der Waals surface area contributed by atoms with Crippen LogP contribution in [0.1, 0.15) is 30.7 Å². The number of hydrogen-bond donors (Lipinski definition) is 1. The van der Waals surface area contributed by atoms with Gasteiger partial charge < -0.3 is 9.88 Å². The summed E-state index contributed by atoms with van der Waals surface area (Å²) < 4.78 is 2.48. The Kier molecular flexibility index (Phi) is 2.59. The highest BCUT2D eigenvalue weighted by Gasteiger charge is 2.31. The van der Waals surface area contributed by atoms with Gasteiger partial charge in [-0.25, -0.2) is 4.98 Å². The van der Waals surface area contributed by atoms with Crippen molar-refractivity contribution in [3.63, 3.8) is 0 Å². The molecule has 1 saturated carbocycles. The summed E-state index contributed by atoms with van der Waals surface area (Å²) in [5.74, 6) is 3.63. The molecule has 2 aliphatic rings. The normalized spacial score (nSPS) is 24.6. The van der Waals surface area contributed by atoms with Crippen molar-refractivity contribution in [3.8, 4) is 0 Å². The molecule has 4 heteroatoms. The van der Waals surface area contributed by atoms with Crippen molar-refractivity contribution in [2.24, 2.45) is 0 Å². The first kappa shape index (κ1) is 10.9. The van der Waals surface area contributed by atoms with E-state index >= 15 is 0 Å². The second-order valence-electron chi connectivity index (χ2n) is 5.14. The third-order valence-electron chi connectivity index (χ3n) is 3.77. The molecule has 0 bridgehead atoms. The van der Waals surface area contributed by atoms with Crippen molar-refractivity contribution >= 4 is 22.8 Å².